The average molecular weight is 364 g/mol. The van der Waals surface area contributed by atoms with E-state index in [4.69, 9.17) is 0 Å². The molecule has 0 fully saturated rings. The predicted octanol–water partition coefficient (Wildman–Crippen LogP) is 4.37. The summed E-state index contributed by atoms with van der Waals surface area (Å²) in [6.45, 7) is 5.18. The minimum atomic E-state index is -0.166. The van der Waals surface area contributed by atoms with Crippen molar-refractivity contribution in [2.75, 3.05) is 19.6 Å². The number of benzene rings is 2. The van der Waals surface area contributed by atoms with Gasteiger partial charge in [-0.05, 0) is 30.7 Å². The number of imide groups is 1. The van der Waals surface area contributed by atoms with Crippen molar-refractivity contribution in [2.45, 2.75) is 39.2 Å². The predicted molar refractivity (Wildman–Crippen MR) is 108 cm³/mol. The van der Waals surface area contributed by atoms with E-state index in [-0.39, 0.29) is 11.8 Å². The van der Waals surface area contributed by atoms with Crippen LogP contribution in [0, 0.1) is 0 Å². The van der Waals surface area contributed by atoms with E-state index in [0.29, 0.717) is 24.2 Å². The van der Waals surface area contributed by atoms with Crippen LogP contribution < -0.4 is 0 Å². The van der Waals surface area contributed by atoms with Gasteiger partial charge >= 0.3 is 0 Å². The van der Waals surface area contributed by atoms with Crippen molar-refractivity contribution < 1.29 is 9.59 Å². The molecule has 0 unspecified atom stereocenters. The van der Waals surface area contributed by atoms with E-state index in [1.807, 2.05) is 18.2 Å². The van der Waals surface area contributed by atoms with Crippen LogP contribution in [0.3, 0.4) is 0 Å². The number of rotatable bonds is 10. The number of hydrogen-bond acceptors (Lipinski definition) is 3. The summed E-state index contributed by atoms with van der Waals surface area (Å²) in [5.74, 6) is -0.331. The monoisotopic (exact) mass is 364 g/mol. The van der Waals surface area contributed by atoms with E-state index in [2.05, 4.69) is 36.1 Å². The van der Waals surface area contributed by atoms with Gasteiger partial charge in [0.15, 0.2) is 0 Å². The average Bonchev–Trinajstić information content (AvgIpc) is 2.94. The van der Waals surface area contributed by atoms with Gasteiger partial charge in [0, 0.05) is 19.6 Å². The van der Waals surface area contributed by atoms with E-state index in [1.165, 1.54) is 29.7 Å². The molecule has 1 aliphatic heterocycles. The highest BCUT2D eigenvalue weighted by atomic mass is 16.2. The Morgan fingerprint density at radius 3 is 2.04 bits per heavy atom. The Labute approximate surface area is 161 Å². The SMILES string of the molecule is CCCCCCN(CCN1C(=O)c2ccccc2C1=O)Cc1ccccc1. The Morgan fingerprint density at radius 2 is 1.41 bits per heavy atom. The summed E-state index contributed by atoms with van der Waals surface area (Å²) in [5, 5.41) is 0. The van der Waals surface area contributed by atoms with Crippen LogP contribution in [0.15, 0.2) is 54.6 Å². The van der Waals surface area contributed by atoms with Gasteiger partial charge in [-0.2, -0.15) is 0 Å². The maximum absolute atomic E-state index is 12.6. The molecule has 142 valence electrons. The number of hydrogen-bond donors (Lipinski definition) is 0. The van der Waals surface area contributed by atoms with Gasteiger partial charge in [-0.25, -0.2) is 0 Å². The first kappa shape index (κ1) is 19.3. The molecule has 3 rings (SSSR count). The number of amides is 2. The lowest BCUT2D eigenvalue weighted by Gasteiger charge is -2.25. The van der Waals surface area contributed by atoms with Gasteiger partial charge in [0.1, 0.15) is 0 Å². The number of unbranched alkanes of at least 4 members (excludes halogenated alkanes) is 3. The van der Waals surface area contributed by atoms with Crippen LogP contribution >= 0.6 is 0 Å². The van der Waals surface area contributed by atoms with Crippen LogP contribution in [0.5, 0.6) is 0 Å². The molecule has 0 N–H and O–H groups in total. The van der Waals surface area contributed by atoms with Gasteiger partial charge in [-0.15, -0.1) is 0 Å². The molecule has 1 heterocycles. The van der Waals surface area contributed by atoms with Crippen LogP contribution in [0.1, 0.15) is 58.9 Å². The molecule has 1 aliphatic rings. The Hall–Kier alpha value is -2.46. The third-order valence-electron chi connectivity index (χ3n) is 5.09. The molecule has 27 heavy (non-hydrogen) atoms. The van der Waals surface area contributed by atoms with E-state index in [9.17, 15) is 9.59 Å². The second-order valence-electron chi connectivity index (χ2n) is 7.13. The minimum absolute atomic E-state index is 0.166. The Balaban J connectivity index is 1.62. The summed E-state index contributed by atoms with van der Waals surface area (Å²) in [6, 6.07) is 17.5. The fourth-order valence-corrected chi connectivity index (χ4v) is 3.56. The molecular formula is C23H28N2O2. The van der Waals surface area contributed by atoms with Crippen LogP contribution in [0.4, 0.5) is 0 Å². The molecular weight excluding hydrogens is 336 g/mol. The van der Waals surface area contributed by atoms with Gasteiger partial charge in [0.2, 0.25) is 0 Å². The van der Waals surface area contributed by atoms with Crippen molar-refractivity contribution >= 4 is 11.8 Å². The molecule has 2 amide bonds. The summed E-state index contributed by atoms with van der Waals surface area (Å²) in [4.78, 5) is 28.9. The van der Waals surface area contributed by atoms with Gasteiger partial charge in [0.25, 0.3) is 11.8 Å². The van der Waals surface area contributed by atoms with E-state index in [0.717, 1.165) is 19.5 Å². The molecule has 0 spiro atoms. The van der Waals surface area contributed by atoms with Gasteiger partial charge < -0.3 is 0 Å². The second-order valence-corrected chi connectivity index (χ2v) is 7.13. The molecule has 4 heteroatoms. The van der Waals surface area contributed by atoms with Crippen LogP contribution in [-0.4, -0.2) is 41.2 Å². The van der Waals surface area contributed by atoms with Crippen molar-refractivity contribution in [3.05, 3.63) is 71.3 Å². The van der Waals surface area contributed by atoms with E-state index >= 15 is 0 Å². The largest absolute Gasteiger partial charge is 0.297 e. The van der Waals surface area contributed by atoms with Gasteiger partial charge in [-0.3, -0.25) is 19.4 Å². The topological polar surface area (TPSA) is 40.6 Å². The van der Waals surface area contributed by atoms with Gasteiger partial charge in [-0.1, -0.05) is 68.7 Å². The van der Waals surface area contributed by atoms with Crippen molar-refractivity contribution in [1.82, 2.24) is 9.80 Å². The molecule has 0 bridgehead atoms. The van der Waals surface area contributed by atoms with Crippen LogP contribution in [0.25, 0.3) is 0 Å². The van der Waals surface area contributed by atoms with Gasteiger partial charge in [0.05, 0.1) is 11.1 Å². The summed E-state index contributed by atoms with van der Waals surface area (Å²) < 4.78 is 0. The lowest BCUT2D eigenvalue weighted by atomic mass is 10.1. The first-order valence-corrected chi connectivity index (χ1v) is 9.92. The Morgan fingerprint density at radius 1 is 0.778 bits per heavy atom. The smallest absolute Gasteiger partial charge is 0.261 e. The summed E-state index contributed by atoms with van der Waals surface area (Å²) in [7, 11) is 0. The number of carbonyl (C=O) groups is 2. The summed E-state index contributed by atoms with van der Waals surface area (Å²) >= 11 is 0. The summed E-state index contributed by atoms with van der Waals surface area (Å²) in [6.07, 6.45) is 4.82. The van der Waals surface area contributed by atoms with Crippen molar-refractivity contribution in [1.29, 1.82) is 0 Å². The molecule has 2 aromatic rings. The maximum atomic E-state index is 12.6. The van der Waals surface area contributed by atoms with Crippen molar-refractivity contribution in [3.63, 3.8) is 0 Å². The first-order chi connectivity index (χ1) is 13.2. The molecule has 0 aromatic heterocycles. The van der Waals surface area contributed by atoms with Crippen molar-refractivity contribution in [2.24, 2.45) is 0 Å². The molecule has 0 radical (unpaired) electrons. The molecule has 0 atom stereocenters. The molecule has 2 aromatic carbocycles. The fourth-order valence-electron chi connectivity index (χ4n) is 3.56. The number of carbonyl (C=O) groups excluding carboxylic acids is 2. The number of nitrogens with zero attached hydrogens (tertiary/aromatic N) is 2. The second kappa shape index (κ2) is 9.47. The third kappa shape index (κ3) is 4.83. The zero-order chi connectivity index (χ0) is 19.1. The van der Waals surface area contributed by atoms with E-state index < -0.39 is 0 Å². The fraction of sp³-hybridized carbons (Fsp3) is 0.391. The molecule has 0 saturated carbocycles. The third-order valence-corrected chi connectivity index (χ3v) is 5.09. The van der Waals surface area contributed by atoms with Crippen LogP contribution in [0.2, 0.25) is 0 Å². The maximum Gasteiger partial charge on any atom is 0.261 e. The Kier molecular flexibility index (Phi) is 6.77. The lowest BCUT2D eigenvalue weighted by molar-refractivity contribution is 0.0634. The quantitative estimate of drug-likeness (QED) is 0.464. The summed E-state index contributed by atoms with van der Waals surface area (Å²) in [5.41, 5.74) is 2.32. The highest BCUT2D eigenvalue weighted by Crippen LogP contribution is 2.22. The zero-order valence-corrected chi connectivity index (χ0v) is 16.1. The lowest BCUT2D eigenvalue weighted by Crippen LogP contribution is -2.38. The van der Waals surface area contributed by atoms with Crippen LogP contribution in [-0.2, 0) is 6.54 Å². The Bertz CT molecular complexity index is 738. The number of fused-ring (bicyclic) bond motifs is 1. The molecule has 0 saturated heterocycles. The van der Waals surface area contributed by atoms with Crippen molar-refractivity contribution in [3.8, 4) is 0 Å². The zero-order valence-electron chi connectivity index (χ0n) is 16.1. The molecule has 0 aliphatic carbocycles. The first-order valence-electron chi connectivity index (χ1n) is 9.92. The minimum Gasteiger partial charge on any atom is -0.297 e. The molecule has 4 nitrogen and oxygen atoms in total. The highest BCUT2D eigenvalue weighted by Gasteiger charge is 2.34. The van der Waals surface area contributed by atoms with E-state index in [1.54, 1.807) is 12.1 Å². The standard InChI is InChI=1S/C23H28N2O2/c1-2-3-4-10-15-24(18-19-11-6-5-7-12-19)16-17-25-22(26)20-13-8-9-14-21(20)23(25)27/h5-9,11-14H,2-4,10,15-18H2,1H3. The highest BCUT2D eigenvalue weighted by molar-refractivity contribution is 6.21. The normalized spacial score (nSPS) is 13.5.